The zero-order valence-corrected chi connectivity index (χ0v) is 14.1. The standard InChI is InChI=1S/C17H23F2N3O2/c1-11(2)22(12(3)23)9-13-4-6-14(7-5-13)21-16(24)15-8-17(18,19)10-20-15/h4-7,11,15,20H,8-10H2,1-3H3,(H,21,24). The van der Waals surface area contributed by atoms with E-state index in [9.17, 15) is 18.4 Å². The van der Waals surface area contributed by atoms with Gasteiger partial charge in [0.1, 0.15) is 0 Å². The molecule has 2 N–H and O–H groups in total. The van der Waals surface area contributed by atoms with Crippen LogP contribution in [0.5, 0.6) is 0 Å². The number of halogens is 2. The van der Waals surface area contributed by atoms with Crippen molar-refractivity contribution in [2.75, 3.05) is 11.9 Å². The molecule has 132 valence electrons. The first-order valence-electron chi connectivity index (χ1n) is 7.96. The number of nitrogens with zero attached hydrogens (tertiary/aromatic N) is 1. The van der Waals surface area contributed by atoms with Crippen LogP contribution in [0.1, 0.15) is 32.8 Å². The number of carbonyl (C=O) groups excluding carboxylic acids is 2. The maximum absolute atomic E-state index is 13.1. The van der Waals surface area contributed by atoms with Crippen LogP contribution in [0.2, 0.25) is 0 Å². The van der Waals surface area contributed by atoms with Crippen LogP contribution < -0.4 is 10.6 Å². The molecule has 2 amide bonds. The van der Waals surface area contributed by atoms with Crippen molar-refractivity contribution in [2.24, 2.45) is 0 Å². The summed E-state index contributed by atoms with van der Waals surface area (Å²) in [5.41, 5.74) is 1.47. The SMILES string of the molecule is CC(=O)N(Cc1ccc(NC(=O)C2CC(F)(F)CN2)cc1)C(C)C. The number of hydrogen-bond acceptors (Lipinski definition) is 3. The lowest BCUT2D eigenvalue weighted by Gasteiger charge is -2.25. The molecule has 24 heavy (non-hydrogen) atoms. The van der Waals surface area contributed by atoms with Gasteiger partial charge in [-0.3, -0.25) is 14.9 Å². The van der Waals surface area contributed by atoms with Crippen molar-refractivity contribution in [1.29, 1.82) is 0 Å². The number of rotatable bonds is 5. The van der Waals surface area contributed by atoms with E-state index in [1.165, 1.54) is 6.92 Å². The molecule has 7 heteroatoms. The number of nitrogens with one attached hydrogen (secondary N) is 2. The number of benzene rings is 1. The van der Waals surface area contributed by atoms with Gasteiger partial charge in [0.25, 0.3) is 5.92 Å². The van der Waals surface area contributed by atoms with Crippen molar-refractivity contribution in [1.82, 2.24) is 10.2 Å². The quantitative estimate of drug-likeness (QED) is 0.866. The van der Waals surface area contributed by atoms with Gasteiger partial charge < -0.3 is 10.2 Å². The molecule has 0 spiro atoms. The van der Waals surface area contributed by atoms with E-state index in [-0.39, 0.29) is 11.9 Å². The van der Waals surface area contributed by atoms with E-state index in [0.717, 1.165) is 5.56 Å². The number of amides is 2. The van der Waals surface area contributed by atoms with E-state index in [4.69, 9.17) is 0 Å². The lowest BCUT2D eigenvalue weighted by atomic mass is 10.1. The average Bonchev–Trinajstić information content (AvgIpc) is 2.86. The number of anilines is 1. The highest BCUT2D eigenvalue weighted by Gasteiger charge is 2.42. The molecule has 1 aromatic rings. The van der Waals surface area contributed by atoms with Crippen LogP contribution in [0, 0.1) is 0 Å². The molecule has 1 heterocycles. The topological polar surface area (TPSA) is 61.4 Å². The minimum Gasteiger partial charge on any atom is -0.336 e. The van der Waals surface area contributed by atoms with Gasteiger partial charge in [0.05, 0.1) is 12.6 Å². The first kappa shape index (κ1) is 18.3. The van der Waals surface area contributed by atoms with E-state index >= 15 is 0 Å². The third-order valence-electron chi connectivity index (χ3n) is 4.03. The van der Waals surface area contributed by atoms with Crippen LogP contribution in [-0.4, -0.2) is 41.3 Å². The number of hydrogen-bond donors (Lipinski definition) is 2. The van der Waals surface area contributed by atoms with Gasteiger partial charge in [-0.15, -0.1) is 0 Å². The molecule has 0 bridgehead atoms. The molecule has 1 aliphatic heterocycles. The normalized spacial score (nSPS) is 19.3. The summed E-state index contributed by atoms with van der Waals surface area (Å²) in [5, 5.41) is 5.16. The molecule has 1 saturated heterocycles. The van der Waals surface area contributed by atoms with E-state index in [1.54, 1.807) is 17.0 Å². The monoisotopic (exact) mass is 339 g/mol. The maximum Gasteiger partial charge on any atom is 0.262 e. The van der Waals surface area contributed by atoms with Crippen molar-refractivity contribution in [3.8, 4) is 0 Å². The molecule has 1 unspecified atom stereocenters. The largest absolute Gasteiger partial charge is 0.336 e. The lowest BCUT2D eigenvalue weighted by molar-refractivity contribution is -0.131. The lowest BCUT2D eigenvalue weighted by Crippen LogP contribution is -2.35. The summed E-state index contributed by atoms with van der Waals surface area (Å²) >= 11 is 0. The molecular weight excluding hydrogens is 316 g/mol. The third kappa shape index (κ3) is 4.74. The van der Waals surface area contributed by atoms with Gasteiger partial charge in [-0.1, -0.05) is 12.1 Å². The second kappa shape index (κ2) is 7.25. The fraction of sp³-hybridized carbons (Fsp3) is 0.529. The Bertz CT molecular complexity index is 602. The van der Waals surface area contributed by atoms with E-state index in [1.807, 2.05) is 26.0 Å². The maximum atomic E-state index is 13.1. The van der Waals surface area contributed by atoms with Crippen LogP contribution in [0.4, 0.5) is 14.5 Å². The number of alkyl halides is 2. The fourth-order valence-corrected chi connectivity index (χ4v) is 2.68. The molecular formula is C17H23F2N3O2. The Morgan fingerprint density at radius 1 is 1.33 bits per heavy atom. The van der Waals surface area contributed by atoms with Gasteiger partial charge in [0, 0.05) is 31.6 Å². The average molecular weight is 339 g/mol. The second-order valence-corrected chi connectivity index (χ2v) is 6.42. The minimum atomic E-state index is -2.83. The summed E-state index contributed by atoms with van der Waals surface area (Å²) in [6.07, 6.45) is -0.487. The van der Waals surface area contributed by atoms with Gasteiger partial charge in [0.2, 0.25) is 11.8 Å². The van der Waals surface area contributed by atoms with Gasteiger partial charge in [-0.25, -0.2) is 8.78 Å². The Hall–Kier alpha value is -2.02. The second-order valence-electron chi connectivity index (χ2n) is 6.42. The third-order valence-corrected chi connectivity index (χ3v) is 4.03. The van der Waals surface area contributed by atoms with Gasteiger partial charge in [-0.2, -0.15) is 0 Å². The Labute approximate surface area is 140 Å². The highest BCUT2D eigenvalue weighted by Crippen LogP contribution is 2.25. The van der Waals surface area contributed by atoms with Crippen molar-refractivity contribution < 1.29 is 18.4 Å². The van der Waals surface area contributed by atoms with Crippen LogP contribution >= 0.6 is 0 Å². The molecule has 2 rings (SSSR count). The molecule has 0 aromatic heterocycles. The fourth-order valence-electron chi connectivity index (χ4n) is 2.68. The Morgan fingerprint density at radius 3 is 2.42 bits per heavy atom. The Balaban J connectivity index is 1.95. The molecule has 0 saturated carbocycles. The van der Waals surface area contributed by atoms with E-state index in [2.05, 4.69) is 10.6 Å². The molecule has 5 nitrogen and oxygen atoms in total. The Morgan fingerprint density at radius 2 is 1.96 bits per heavy atom. The summed E-state index contributed by atoms with van der Waals surface area (Å²) < 4.78 is 26.2. The molecule has 0 aliphatic carbocycles. The summed E-state index contributed by atoms with van der Waals surface area (Å²) in [7, 11) is 0. The molecule has 1 fully saturated rings. The van der Waals surface area contributed by atoms with Gasteiger partial charge >= 0.3 is 0 Å². The molecule has 0 radical (unpaired) electrons. The first-order chi connectivity index (χ1) is 11.2. The van der Waals surface area contributed by atoms with E-state index < -0.39 is 30.8 Å². The van der Waals surface area contributed by atoms with Crippen LogP contribution in [0.25, 0.3) is 0 Å². The van der Waals surface area contributed by atoms with Crippen LogP contribution in [-0.2, 0) is 16.1 Å². The number of carbonyl (C=O) groups is 2. The summed E-state index contributed by atoms with van der Waals surface area (Å²) in [6.45, 7) is 5.43. The zero-order valence-electron chi connectivity index (χ0n) is 14.1. The van der Waals surface area contributed by atoms with Crippen molar-refractivity contribution in [3.63, 3.8) is 0 Å². The highest BCUT2D eigenvalue weighted by atomic mass is 19.3. The predicted molar refractivity (Wildman–Crippen MR) is 87.8 cm³/mol. The van der Waals surface area contributed by atoms with Crippen molar-refractivity contribution in [3.05, 3.63) is 29.8 Å². The van der Waals surface area contributed by atoms with Crippen molar-refractivity contribution >= 4 is 17.5 Å². The molecule has 1 atom stereocenters. The zero-order chi connectivity index (χ0) is 17.9. The molecule has 1 aromatic carbocycles. The summed E-state index contributed by atoms with van der Waals surface area (Å²) in [6, 6.07) is 6.25. The van der Waals surface area contributed by atoms with Crippen LogP contribution in [0.3, 0.4) is 0 Å². The highest BCUT2D eigenvalue weighted by molar-refractivity contribution is 5.95. The first-order valence-corrected chi connectivity index (χ1v) is 7.96. The smallest absolute Gasteiger partial charge is 0.262 e. The Kier molecular flexibility index (Phi) is 5.54. The summed E-state index contributed by atoms with van der Waals surface area (Å²) in [4.78, 5) is 25.3. The predicted octanol–water partition coefficient (Wildman–Crippen LogP) is 2.38. The summed E-state index contributed by atoms with van der Waals surface area (Å²) in [5.74, 6) is -3.30. The van der Waals surface area contributed by atoms with Gasteiger partial charge in [0.15, 0.2) is 0 Å². The minimum absolute atomic E-state index is 0.00406. The van der Waals surface area contributed by atoms with Crippen molar-refractivity contribution in [2.45, 2.75) is 51.7 Å². The molecule has 1 aliphatic rings. The van der Waals surface area contributed by atoms with Gasteiger partial charge in [-0.05, 0) is 31.5 Å². The van der Waals surface area contributed by atoms with Crippen LogP contribution in [0.15, 0.2) is 24.3 Å². The van der Waals surface area contributed by atoms with E-state index in [0.29, 0.717) is 12.2 Å².